The van der Waals surface area contributed by atoms with Crippen LogP contribution < -0.4 is 0 Å². The monoisotopic (exact) mass is 157 g/mol. The van der Waals surface area contributed by atoms with Crippen LogP contribution in [0.2, 0.25) is 0 Å². The van der Waals surface area contributed by atoms with Gasteiger partial charge >= 0.3 is 11.4 Å². The third-order valence-corrected chi connectivity index (χ3v) is 1.54. The van der Waals surface area contributed by atoms with Crippen LogP contribution in [0.3, 0.4) is 0 Å². The van der Waals surface area contributed by atoms with E-state index < -0.39 is 11.4 Å². The van der Waals surface area contributed by atoms with Crippen molar-refractivity contribution in [2.45, 2.75) is 6.92 Å². The van der Waals surface area contributed by atoms with Crippen LogP contribution in [-0.4, -0.2) is 10.8 Å². The van der Waals surface area contributed by atoms with Crippen molar-refractivity contribution in [2.75, 3.05) is 6.54 Å². The van der Waals surface area contributed by atoms with Gasteiger partial charge < -0.3 is 0 Å². The highest BCUT2D eigenvalue weighted by atomic mass is 32.3. The number of hydrogen-bond acceptors (Lipinski definition) is 1. The maximum atomic E-state index is 11.6. The Balaban J connectivity index is 4.00. The Labute approximate surface area is 54.2 Å². The Kier molecular flexibility index (Phi) is 2.71. The largest absolute Gasteiger partial charge is 0.308 e. The van der Waals surface area contributed by atoms with E-state index in [0.717, 1.165) is 0 Å². The minimum absolute atomic E-state index is 0.0486. The second-order valence-electron chi connectivity index (χ2n) is 1.21. The van der Waals surface area contributed by atoms with Gasteiger partial charge in [-0.1, -0.05) is 6.42 Å². The summed E-state index contributed by atoms with van der Waals surface area (Å²) in [6, 6.07) is 1.54. The number of nitrogens with zero attached hydrogens (tertiary/aromatic N) is 1. The van der Waals surface area contributed by atoms with E-state index in [2.05, 4.69) is 6.42 Å². The molecule has 54 valence electrons. The Morgan fingerprint density at radius 3 is 2.00 bits per heavy atom. The van der Waals surface area contributed by atoms with Crippen molar-refractivity contribution in [3.63, 3.8) is 0 Å². The van der Waals surface area contributed by atoms with Gasteiger partial charge in [-0.3, -0.25) is 0 Å². The second-order valence-corrected chi connectivity index (χ2v) is 2.41. The van der Waals surface area contributed by atoms with E-state index >= 15 is 0 Å². The van der Waals surface area contributed by atoms with Crippen LogP contribution in [0.1, 0.15) is 6.92 Å². The van der Waals surface area contributed by atoms with Crippen LogP contribution in [0.15, 0.2) is 0 Å². The average molecular weight is 157 g/mol. The molecule has 0 aromatic carbocycles. The highest BCUT2D eigenvalue weighted by Gasteiger charge is 2.27. The van der Waals surface area contributed by atoms with Gasteiger partial charge in [0.15, 0.2) is 0 Å². The van der Waals surface area contributed by atoms with Crippen molar-refractivity contribution in [1.82, 2.24) is 4.31 Å². The van der Waals surface area contributed by atoms with Crippen molar-refractivity contribution in [3.8, 4) is 12.5 Å². The lowest BCUT2D eigenvalue weighted by atomic mass is 10.8. The van der Waals surface area contributed by atoms with Crippen LogP contribution in [0.25, 0.3) is 0 Å². The Morgan fingerprint density at radius 2 is 2.00 bits per heavy atom. The van der Waals surface area contributed by atoms with Gasteiger partial charge in [0.25, 0.3) is 0 Å². The van der Waals surface area contributed by atoms with Gasteiger partial charge in [0, 0.05) is 12.6 Å². The molecule has 0 aromatic rings. The van der Waals surface area contributed by atoms with Crippen LogP contribution in [0.4, 0.5) is 11.7 Å². The predicted octanol–water partition coefficient (Wildman–Crippen LogP) is 2.27. The maximum Gasteiger partial charge on any atom is 0.308 e. The van der Waals surface area contributed by atoms with Gasteiger partial charge in [-0.15, -0.1) is 11.7 Å². The molecule has 1 nitrogen and oxygen atoms in total. The summed E-state index contributed by atoms with van der Waals surface area (Å²) in [5.74, 6) is 0. The predicted molar refractivity (Wildman–Crippen MR) is 32.1 cm³/mol. The fourth-order valence-corrected chi connectivity index (χ4v) is 0.710. The molecule has 0 atom stereocenters. The third kappa shape index (κ3) is 2.51. The molecule has 0 amide bonds. The maximum absolute atomic E-state index is 11.6. The molecular weight excluding hydrogens is 151 g/mol. The molecule has 0 N–H and O–H groups in total. The van der Waals surface area contributed by atoms with Crippen LogP contribution >= 0.6 is 11.4 Å². The SMILES string of the molecule is C#CN(CC)S(F)(F)F. The molecule has 9 heavy (non-hydrogen) atoms. The van der Waals surface area contributed by atoms with Gasteiger partial charge in [-0.05, 0) is 6.92 Å². The summed E-state index contributed by atoms with van der Waals surface area (Å²) in [4.78, 5) is 0. The molecule has 0 aliphatic carbocycles. The Hall–Kier alpha value is -0.500. The first-order chi connectivity index (χ1) is 4.02. The van der Waals surface area contributed by atoms with Gasteiger partial charge in [0.05, 0.1) is 0 Å². The van der Waals surface area contributed by atoms with Gasteiger partial charge in [-0.2, -0.15) is 0 Å². The van der Waals surface area contributed by atoms with Crippen molar-refractivity contribution in [1.29, 1.82) is 0 Å². The summed E-state index contributed by atoms with van der Waals surface area (Å²) in [6.07, 6.45) is 4.55. The Bertz CT molecular complexity index is 125. The van der Waals surface area contributed by atoms with Crippen LogP contribution in [0.5, 0.6) is 0 Å². The zero-order valence-corrected chi connectivity index (χ0v) is 5.59. The van der Waals surface area contributed by atoms with Crippen molar-refractivity contribution >= 4 is 11.4 Å². The molecule has 0 radical (unpaired) electrons. The molecular formula is C4H6F3NS. The lowest BCUT2D eigenvalue weighted by Gasteiger charge is -2.20. The average Bonchev–Trinajstić information content (AvgIpc) is 1.65. The van der Waals surface area contributed by atoms with Gasteiger partial charge in [0.1, 0.15) is 0 Å². The summed E-state index contributed by atoms with van der Waals surface area (Å²) in [5.41, 5.74) is 0. The van der Waals surface area contributed by atoms with E-state index in [-0.39, 0.29) is 10.8 Å². The van der Waals surface area contributed by atoms with Crippen LogP contribution in [-0.2, 0) is 0 Å². The smallest absolute Gasteiger partial charge is 0.220 e. The van der Waals surface area contributed by atoms with E-state index in [1.807, 2.05) is 0 Å². The number of halogens is 3. The lowest BCUT2D eigenvalue weighted by Crippen LogP contribution is -2.13. The van der Waals surface area contributed by atoms with E-state index in [1.165, 1.54) is 13.0 Å². The fraction of sp³-hybridized carbons (Fsp3) is 0.500. The summed E-state index contributed by atoms with van der Waals surface area (Å²) in [6.45, 7) is 1.19. The molecule has 0 saturated heterocycles. The number of hydrogen-bond donors (Lipinski definition) is 0. The first kappa shape index (κ1) is 8.50. The van der Waals surface area contributed by atoms with Gasteiger partial charge in [0.2, 0.25) is 0 Å². The molecule has 0 unspecified atom stereocenters. The minimum Gasteiger partial charge on any atom is -0.220 e. The standard InChI is InChI=1S/C4H6F3NS/c1-3-8(4-2)9(5,6)7/h1H,4H2,2H3. The first-order valence-corrected chi connectivity index (χ1v) is 3.47. The normalized spacial score (nSPS) is 12.3. The second kappa shape index (κ2) is 2.87. The molecule has 0 aliphatic rings. The fourth-order valence-electron chi connectivity index (χ4n) is 0.297. The van der Waals surface area contributed by atoms with Crippen LogP contribution in [0, 0.1) is 12.5 Å². The quantitative estimate of drug-likeness (QED) is 0.439. The van der Waals surface area contributed by atoms with Crippen molar-refractivity contribution < 1.29 is 11.7 Å². The summed E-state index contributed by atoms with van der Waals surface area (Å²) < 4.78 is 34.8. The number of rotatable bonds is 2. The van der Waals surface area contributed by atoms with E-state index in [1.54, 1.807) is 0 Å². The molecule has 5 heteroatoms. The molecule has 0 aromatic heterocycles. The van der Waals surface area contributed by atoms with E-state index in [0.29, 0.717) is 0 Å². The third-order valence-electron chi connectivity index (χ3n) is 0.681. The highest BCUT2D eigenvalue weighted by molar-refractivity contribution is 8.18. The minimum atomic E-state index is -5.17. The molecule has 0 fully saturated rings. The molecule has 0 heterocycles. The molecule has 0 rings (SSSR count). The van der Waals surface area contributed by atoms with E-state index in [4.69, 9.17) is 0 Å². The zero-order valence-electron chi connectivity index (χ0n) is 4.77. The topological polar surface area (TPSA) is 3.24 Å². The summed E-state index contributed by atoms with van der Waals surface area (Å²) >= 11 is -5.17. The number of terminal acetylenes is 1. The Morgan fingerprint density at radius 1 is 1.56 bits per heavy atom. The summed E-state index contributed by atoms with van der Waals surface area (Å²) in [5, 5.41) is 0. The zero-order chi connectivity index (χ0) is 7.49. The molecule has 0 aliphatic heterocycles. The van der Waals surface area contributed by atoms with E-state index in [9.17, 15) is 11.7 Å². The molecule has 0 bridgehead atoms. The lowest BCUT2D eigenvalue weighted by molar-refractivity contribution is 0.502. The van der Waals surface area contributed by atoms with Crippen molar-refractivity contribution in [2.24, 2.45) is 0 Å². The molecule has 0 spiro atoms. The summed E-state index contributed by atoms with van der Waals surface area (Å²) in [7, 11) is 0. The first-order valence-electron chi connectivity index (χ1n) is 2.18. The molecule has 0 saturated carbocycles. The van der Waals surface area contributed by atoms with Crippen molar-refractivity contribution in [3.05, 3.63) is 0 Å². The highest BCUT2D eigenvalue weighted by Crippen LogP contribution is 2.55. The van der Waals surface area contributed by atoms with Gasteiger partial charge in [-0.25, -0.2) is 4.31 Å².